The molecule has 24 heavy (non-hydrogen) atoms. The van der Waals surface area contributed by atoms with E-state index in [1.165, 1.54) is 19.4 Å². The molecule has 0 unspecified atom stereocenters. The molecule has 1 aromatic heterocycles. The van der Waals surface area contributed by atoms with Gasteiger partial charge in [0.25, 0.3) is 11.8 Å². The van der Waals surface area contributed by atoms with Gasteiger partial charge in [0.15, 0.2) is 5.76 Å². The summed E-state index contributed by atoms with van der Waals surface area (Å²) in [7, 11) is 1.45. The summed E-state index contributed by atoms with van der Waals surface area (Å²) in [5.41, 5.74) is 0.144. The van der Waals surface area contributed by atoms with Crippen LogP contribution in [0.3, 0.4) is 0 Å². The summed E-state index contributed by atoms with van der Waals surface area (Å²) in [6.45, 7) is 1.56. The first-order chi connectivity index (χ1) is 11.6. The van der Waals surface area contributed by atoms with Crippen molar-refractivity contribution in [2.75, 3.05) is 33.3 Å². The summed E-state index contributed by atoms with van der Waals surface area (Å²) in [4.78, 5) is 28.1. The van der Waals surface area contributed by atoms with Crippen LogP contribution in [0.5, 0.6) is 11.5 Å². The number of hydrogen-bond donors (Lipinski definition) is 1. The van der Waals surface area contributed by atoms with Crippen molar-refractivity contribution in [3.63, 3.8) is 0 Å². The third-order valence-corrected chi connectivity index (χ3v) is 4.02. The number of phenolic OH excluding ortho intramolecular Hbond substituents is 1. The Morgan fingerprint density at radius 2 is 1.71 bits per heavy atom. The molecule has 0 atom stereocenters. The molecule has 1 N–H and O–H groups in total. The molecule has 3 rings (SSSR count). The number of rotatable bonds is 3. The van der Waals surface area contributed by atoms with Gasteiger partial charge in [0.1, 0.15) is 17.1 Å². The van der Waals surface area contributed by atoms with E-state index in [-0.39, 0.29) is 28.9 Å². The Hall–Kier alpha value is -2.96. The van der Waals surface area contributed by atoms with Gasteiger partial charge in [-0.15, -0.1) is 0 Å². The Kier molecular flexibility index (Phi) is 4.41. The van der Waals surface area contributed by atoms with Crippen molar-refractivity contribution >= 4 is 11.8 Å². The van der Waals surface area contributed by atoms with Crippen LogP contribution in [0.25, 0.3) is 0 Å². The summed E-state index contributed by atoms with van der Waals surface area (Å²) < 4.78 is 10.3. The lowest BCUT2D eigenvalue weighted by molar-refractivity contribution is 0.0514. The second-order valence-corrected chi connectivity index (χ2v) is 5.42. The molecule has 1 saturated heterocycles. The summed E-state index contributed by atoms with van der Waals surface area (Å²) >= 11 is 0. The Balaban J connectivity index is 1.69. The molecule has 7 nitrogen and oxygen atoms in total. The summed E-state index contributed by atoms with van der Waals surface area (Å²) in [5.74, 6) is 0.00182. The van der Waals surface area contributed by atoms with E-state index in [4.69, 9.17) is 9.15 Å². The predicted octanol–water partition coefficient (Wildman–Crippen LogP) is 1.59. The third-order valence-electron chi connectivity index (χ3n) is 4.02. The van der Waals surface area contributed by atoms with Gasteiger partial charge in [-0.1, -0.05) is 6.07 Å². The fraction of sp³-hybridized carbons (Fsp3) is 0.294. The number of methoxy groups -OCH3 is 1. The quantitative estimate of drug-likeness (QED) is 0.924. The Bertz CT molecular complexity index is 733. The average molecular weight is 330 g/mol. The number of nitrogens with zero attached hydrogens (tertiary/aromatic N) is 2. The van der Waals surface area contributed by atoms with Crippen molar-refractivity contribution in [2.45, 2.75) is 0 Å². The molecular formula is C17H18N2O5. The van der Waals surface area contributed by atoms with Crippen LogP contribution in [0.2, 0.25) is 0 Å². The lowest BCUT2D eigenvalue weighted by Crippen LogP contribution is -2.50. The smallest absolute Gasteiger partial charge is 0.289 e. The predicted molar refractivity (Wildman–Crippen MR) is 85.2 cm³/mol. The van der Waals surface area contributed by atoms with Crippen LogP contribution >= 0.6 is 0 Å². The molecule has 0 bridgehead atoms. The number of piperazine rings is 1. The van der Waals surface area contributed by atoms with E-state index >= 15 is 0 Å². The highest BCUT2D eigenvalue weighted by molar-refractivity contribution is 6.00. The molecule has 126 valence electrons. The molecule has 1 aliphatic rings. The van der Waals surface area contributed by atoms with Crippen LogP contribution in [-0.2, 0) is 0 Å². The van der Waals surface area contributed by atoms with Gasteiger partial charge in [-0.3, -0.25) is 9.59 Å². The molecule has 1 aromatic carbocycles. The monoisotopic (exact) mass is 330 g/mol. The van der Waals surface area contributed by atoms with Gasteiger partial charge < -0.3 is 24.1 Å². The van der Waals surface area contributed by atoms with Crippen LogP contribution in [-0.4, -0.2) is 60.0 Å². The zero-order valence-electron chi connectivity index (χ0n) is 13.3. The number of amides is 2. The number of furan rings is 1. The molecule has 0 radical (unpaired) electrons. The van der Waals surface area contributed by atoms with E-state index in [2.05, 4.69) is 0 Å². The van der Waals surface area contributed by atoms with Gasteiger partial charge in [0.2, 0.25) is 0 Å². The first-order valence-electron chi connectivity index (χ1n) is 7.60. The molecule has 2 aromatic rings. The molecule has 1 fully saturated rings. The van der Waals surface area contributed by atoms with E-state index < -0.39 is 0 Å². The molecule has 2 heterocycles. The van der Waals surface area contributed by atoms with E-state index in [0.717, 1.165) is 0 Å². The third kappa shape index (κ3) is 2.92. The zero-order chi connectivity index (χ0) is 17.1. The van der Waals surface area contributed by atoms with Crippen molar-refractivity contribution in [1.82, 2.24) is 9.80 Å². The van der Waals surface area contributed by atoms with Gasteiger partial charge in [-0.2, -0.15) is 0 Å². The van der Waals surface area contributed by atoms with Crippen molar-refractivity contribution in [3.8, 4) is 11.5 Å². The molecule has 7 heteroatoms. The lowest BCUT2D eigenvalue weighted by atomic mass is 10.1. The van der Waals surface area contributed by atoms with E-state index in [1.54, 1.807) is 34.1 Å². The van der Waals surface area contributed by atoms with Gasteiger partial charge in [0.05, 0.1) is 13.4 Å². The minimum Gasteiger partial charge on any atom is -0.507 e. The summed E-state index contributed by atoms with van der Waals surface area (Å²) in [5, 5.41) is 9.98. The van der Waals surface area contributed by atoms with Crippen molar-refractivity contribution in [3.05, 3.63) is 47.9 Å². The molecular weight excluding hydrogens is 312 g/mol. The number of carbonyl (C=O) groups is 2. The minimum atomic E-state index is -0.310. The molecule has 0 spiro atoms. The largest absolute Gasteiger partial charge is 0.507 e. The SMILES string of the molecule is COc1cccc(O)c1C(=O)N1CCN(C(=O)c2ccco2)CC1. The van der Waals surface area contributed by atoms with Crippen LogP contribution < -0.4 is 4.74 Å². The molecule has 2 amide bonds. The fourth-order valence-electron chi connectivity index (χ4n) is 2.73. The number of hydrogen-bond acceptors (Lipinski definition) is 5. The molecule has 0 aliphatic carbocycles. The van der Waals surface area contributed by atoms with Crippen molar-refractivity contribution in [1.29, 1.82) is 0 Å². The van der Waals surface area contributed by atoms with E-state index in [1.807, 2.05) is 0 Å². The number of phenols is 1. The average Bonchev–Trinajstić information content (AvgIpc) is 3.15. The summed E-state index contributed by atoms with van der Waals surface area (Å²) in [6.07, 6.45) is 1.46. The number of carbonyl (C=O) groups excluding carboxylic acids is 2. The first kappa shape index (κ1) is 15.9. The van der Waals surface area contributed by atoms with Crippen LogP contribution in [0.1, 0.15) is 20.9 Å². The van der Waals surface area contributed by atoms with Crippen LogP contribution in [0.4, 0.5) is 0 Å². The maximum Gasteiger partial charge on any atom is 0.289 e. The highest BCUT2D eigenvalue weighted by Gasteiger charge is 2.29. The molecule has 0 saturated carbocycles. The number of aromatic hydroxyl groups is 1. The van der Waals surface area contributed by atoms with Crippen molar-refractivity contribution in [2.24, 2.45) is 0 Å². The standard InChI is InChI=1S/C17H18N2O5/c1-23-13-5-2-4-12(20)15(13)17(22)19-9-7-18(8-10-19)16(21)14-6-3-11-24-14/h2-6,11,20H,7-10H2,1H3. The highest BCUT2D eigenvalue weighted by Crippen LogP contribution is 2.29. The molecule has 1 aliphatic heterocycles. The van der Waals surface area contributed by atoms with Gasteiger partial charge in [0, 0.05) is 26.2 Å². The fourth-order valence-corrected chi connectivity index (χ4v) is 2.73. The zero-order valence-corrected chi connectivity index (χ0v) is 13.3. The first-order valence-corrected chi connectivity index (χ1v) is 7.60. The normalized spacial score (nSPS) is 14.5. The minimum absolute atomic E-state index is 0.117. The second kappa shape index (κ2) is 6.66. The Labute approximate surface area is 139 Å². The number of ether oxygens (including phenoxy) is 1. The maximum atomic E-state index is 12.7. The van der Waals surface area contributed by atoms with Crippen LogP contribution in [0.15, 0.2) is 41.0 Å². The van der Waals surface area contributed by atoms with Gasteiger partial charge in [-0.05, 0) is 24.3 Å². The van der Waals surface area contributed by atoms with E-state index in [9.17, 15) is 14.7 Å². The Morgan fingerprint density at radius 3 is 2.29 bits per heavy atom. The topological polar surface area (TPSA) is 83.2 Å². The highest BCUT2D eigenvalue weighted by atomic mass is 16.5. The van der Waals surface area contributed by atoms with Gasteiger partial charge >= 0.3 is 0 Å². The maximum absolute atomic E-state index is 12.7. The van der Waals surface area contributed by atoms with Crippen LogP contribution in [0, 0.1) is 0 Å². The number of benzene rings is 1. The van der Waals surface area contributed by atoms with Gasteiger partial charge in [-0.25, -0.2) is 0 Å². The lowest BCUT2D eigenvalue weighted by Gasteiger charge is -2.34. The van der Waals surface area contributed by atoms with Crippen molar-refractivity contribution < 1.29 is 23.8 Å². The van der Waals surface area contributed by atoms with E-state index in [0.29, 0.717) is 31.9 Å². The Morgan fingerprint density at radius 1 is 1.04 bits per heavy atom. The summed E-state index contributed by atoms with van der Waals surface area (Å²) in [6, 6.07) is 7.98. The second-order valence-electron chi connectivity index (χ2n) is 5.42.